The zero-order valence-corrected chi connectivity index (χ0v) is 12.0. The Hall–Kier alpha value is -3.43. The molecule has 0 saturated carbocycles. The van der Waals surface area contributed by atoms with E-state index in [-0.39, 0.29) is 23.0 Å². The summed E-state index contributed by atoms with van der Waals surface area (Å²) in [5.41, 5.74) is 5.90. The summed E-state index contributed by atoms with van der Waals surface area (Å²) in [6, 6.07) is 6.77. The van der Waals surface area contributed by atoms with Gasteiger partial charge in [0.25, 0.3) is 0 Å². The van der Waals surface area contributed by atoms with E-state index in [0.717, 1.165) is 4.68 Å². The summed E-state index contributed by atoms with van der Waals surface area (Å²) in [5, 5.41) is 25.7. The molecule has 10 heteroatoms. The van der Waals surface area contributed by atoms with Crippen LogP contribution in [0.3, 0.4) is 0 Å². The zero-order valence-electron chi connectivity index (χ0n) is 12.0. The monoisotopic (exact) mass is 315 g/mol. The number of aromatic carboxylic acids is 1. The van der Waals surface area contributed by atoms with Crippen molar-refractivity contribution in [3.8, 4) is 22.8 Å². The lowest BCUT2D eigenvalue weighted by atomic mass is 10.1. The van der Waals surface area contributed by atoms with Crippen LogP contribution in [0.4, 0.5) is 5.82 Å². The SMILES string of the molecule is CCOc1cccc(-c2c(C(=O)[O-])nnn2-c2nonc2N)c1. The van der Waals surface area contributed by atoms with E-state index >= 15 is 0 Å². The van der Waals surface area contributed by atoms with Crippen molar-refractivity contribution in [2.45, 2.75) is 6.92 Å². The molecular weight excluding hydrogens is 304 g/mol. The topological polar surface area (TPSA) is 145 Å². The number of carbonyl (C=O) groups excluding carboxylic acids is 1. The number of ether oxygens (including phenoxy) is 1. The number of nitrogen functional groups attached to an aromatic ring is 1. The molecule has 0 aliphatic heterocycles. The number of aromatic nitrogens is 5. The third-order valence-electron chi connectivity index (χ3n) is 2.98. The van der Waals surface area contributed by atoms with E-state index in [1.807, 2.05) is 6.92 Å². The third kappa shape index (κ3) is 2.57. The van der Waals surface area contributed by atoms with Crippen molar-refractivity contribution in [3.05, 3.63) is 30.0 Å². The molecule has 3 aromatic rings. The van der Waals surface area contributed by atoms with Crippen LogP contribution in [-0.4, -0.2) is 37.9 Å². The molecule has 0 aliphatic rings. The number of carboxylic acid groups (broad SMARTS) is 1. The van der Waals surface area contributed by atoms with E-state index in [4.69, 9.17) is 10.5 Å². The summed E-state index contributed by atoms with van der Waals surface area (Å²) in [6.45, 7) is 2.31. The van der Waals surface area contributed by atoms with Gasteiger partial charge < -0.3 is 20.4 Å². The number of anilines is 1. The Morgan fingerprint density at radius 1 is 1.43 bits per heavy atom. The number of nitrogens with zero attached hydrogens (tertiary/aromatic N) is 5. The van der Waals surface area contributed by atoms with Gasteiger partial charge in [0.05, 0.1) is 12.6 Å². The van der Waals surface area contributed by atoms with E-state index in [1.54, 1.807) is 24.3 Å². The Bertz CT molecular complexity index is 856. The number of benzene rings is 1. The van der Waals surface area contributed by atoms with Crippen molar-refractivity contribution in [1.29, 1.82) is 0 Å². The first-order valence-corrected chi connectivity index (χ1v) is 6.60. The second-order valence-corrected chi connectivity index (χ2v) is 4.42. The fourth-order valence-electron chi connectivity index (χ4n) is 2.06. The van der Waals surface area contributed by atoms with Gasteiger partial charge in [0.15, 0.2) is 0 Å². The van der Waals surface area contributed by atoms with Crippen molar-refractivity contribution < 1.29 is 19.3 Å². The van der Waals surface area contributed by atoms with Crippen LogP contribution in [0.2, 0.25) is 0 Å². The minimum atomic E-state index is -1.48. The molecule has 0 aliphatic carbocycles. The Labute approximate surface area is 129 Å². The number of carbonyl (C=O) groups is 1. The highest BCUT2D eigenvalue weighted by Gasteiger charge is 2.21. The predicted molar refractivity (Wildman–Crippen MR) is 74.6 cm³/mol. The maximum atomic E-state index is 11.3. The molecule has 2 N–H and O–H groups in total. The molecule has 0 fully saturated rings. The lowest BCUT2D eigenvalue weighted by molar-refractivity contribution is -0.255. The molecule has 0 atom stereocenters. The van der Waals surface area contributed by atoms with Gasteiger partial charge in [-0.15, -0.1) is 5.10 Å². The van der Waals surface area contributed by atoms with E-state index in [2.05, 4.69) is 25.3 Å². The van der Waals surface area contributed by atoms with Crippen molar-refractivity contribution in [2.75, 3.05) is 12.3 Å². The molecule has 0 bridgehead atoms. The molecule has 0 unspecified atom stereocenters. The molecule has 0 spiro atoms. The first-order chi connectivity index (χ1) is 11.1. The van der Waals surface area contributed by atoms with Crippen molar-refractivity contribution in [3.63, 3.8) is 0 Å². The van der Waals surface area contributed by atoms with Crippen LogP contribution >= 0.6 is 0 Å². The molecule has 0 radical (unpaired) electrons. The van der Waals surface area contributed by atoms with Gasteiger partial charge in [-0.3, -0.25) is 0 Å². The molecule has 1 aromatic carbocycles. The second kappa shape index (κ2) is 5.75. The Balaban J connectivity index is 2.21. The number of carboxylic acids is 1. The van der Waals surface area contributed by atoms with E-state index in [9.17, 15) is 9.90 Å². The van der Waals surface area contributed by atoms with Crippen LogP contribution in [0.1, 0.15) is 17.4 Å². The van der Waals surface area contributed by atoms with Crippen LogP contribution in [0.25, 0.3) is 17.1 Å². The highest BCUT2D eigenvalue weighted by molar-refractivity contribution is 5.91. The highest BCUT2D eigenvalue weighted by Crippen LogP contribution is 2.28. The van der Waals surface area contributed by atoms with Gasteiger partial charge >= 0.3 is 0 Å². The maximum absolute atomic E-state index is 11.3. The molecule has 3 rings (SSSR count). The average Bonchev–Trinajstić information content (AvgIpc) is 3.13. The van der Waals surface area contributed by atoms with Gasteiger partial charge in [-0.05, 0) is 29.4 Å². The molecule has 118 valence electrons. The lowest BCUT2D eigenvalue weighted by Gasteiger charge is -2.09. The fraction of sp³-hybridized carbons (Fsp3) is 0.154. The summed E-state index contributed by atoms with van der Waals surface area (Å²) < 4.78 is 11.1. The lowest BCUT2D eigenvalue weighted by Crippen LogP contribution is -2.23. The Kier molecular flexibility index (Phi) is 3.63. The van der Waals surface area contributed by atoms with Crippen LogP contribution in [0.5, 0.6) is 5.75 Å². The quantitative estimate of drug-likeness (QED) is 0.668. The molecule has 2 heterocycles. The second-order valence-electron chi connectivity index (χ2n) is 4.42. The van der Waals surface area contributed by atoms with Gasteiger partial charge in [0.2, 0.25) is 11.6 Å². The standard InChI is InChI=1S/C13H12N6O4/c1-2-22-8-5-3-4-7(6-8)10-9(13(20)21)15-18-19(10)12-11(14)16-23-17-12/h3-6H,2H2,1H3,(H2,14,16)(H,20,21)/p-1. The predicted octanol–water partition coefficient (Wildman–Crippen LogP) is -0.338. The number of hydrogen-bond donors (Lipinski definition) is 1. The van der Waals surface area contributed by atoms with Crippen molar-refractivity contribution in [2.24, 2.45) is 0 Å². The maximum Gasteiger partial charge on any atom is 0.243 e. The van der Waals surface area contributed by atoms with Gasteiger partial charge in [0.1, 0.15) is 17.1 Å². The fourth-order valence-corrected chi connectivity index (χ4v) is 2.06. The minimum absolute atomic E-state index is 0.0295. The van der Waals surface area contributed by atoms with Crippen LogP contribution in [-0.2, 0) is 0 Å². The van der Waals surface area contributed by atoms with E-state index in [0.29, 0.717) is 17.9 Å². The number of nitrogens with two attached hydrogens (primary N) is 1. The molecule has 2 aromatic heterocycles. The Morgan fingerprint density at radius 3 is 2.91 bits per heavy atom. The summed E-state index contributed by atoms with van der Waals surface area (Å²) in [5.74, 6) is -0.944. The van der Waals surface area contributed by atoms with Crippen LogP contribution in [0, 0.1) is 0 Å². The van der Waals surface area contributed by atoms with Gasteiger partial charge in [0, 0.05) is 5.56 Å². The molecule has 0 amide bonds. The van der Waals surface area contributed by atoms with Crippen LogP contribution < -0.4 is 15.6 Å². The molecular formula is C13H11N6O4-. The average molecular weight is 315 g/mol. The summed E-state index contributed by atoms with van der Waals surface area (Å²) in [7, 11) is 0. The smallest absolute Gasteiger partial charge is 0.243 e. The first kappa shape index (κ1) is 14.5. The third-order valence-corrected chi connectivity index (χ3v) is 2.98. The largest absolute Gasteiger partial charge is 0.543 e. The summed E-state index contributed by atoms with van der Waals surface area (Å²) >= 11 is 0. The minimum Gasteiger partial charge on any atom is -0.543 e. The number of hydrogen-bond acceptors (Lipinski definition) is 9. The summed E-state index contributed by atoms with van der Waals surface area (Å²) in [4.78, 5) is 11.3. The first-order valence-electron chi connectivity index (χ1n) is 6.60. The van der Waals surface area contributed by atoms with Gasteiger partial charge in [-0.1, -0.05) is 17.3 Å². The zero-order chi connectivity index (χ0) is 16.4. The van der Waals surface area contributed by atoms with Gasteiger partial charge in [-0.25, -0.2) is 4.63 Å². The van der Waals surface area contributed by atoms with E-state index in [1.165, 1.54) is 0 Å². The van der Waals surface area contributed by atoms with E-state index < -0.39 is 5.97 Å². The number of rotatable bonds is 5. The molecule has 10 nitrogen and oxygen atoms in total. The van der Waals surface area contributed by atoms with Crippen molar-refractivity contribution >= 4 is 11.8 Å². The van der Waals surface area contributed by atoms with Crippen molar-refractivity contribution in [1.82, 2.24) is 25.3 Å². The molecule has 0 saturated heterocycles. The normalized spacial score (nSPS) is 10.7. The molecule has 23 heavy (non-hydrogen) atoms. The highest BCUT2D eigenvalue weighted by atomic mass is 16.6. The van der Waals surface area contributed by atoms with Gasteiger partial charge in [-0.2, -0.15) is 4.68 Å². The van der Waals surface area contributed by atoms with Crippen LogP contribution in [0.15, 0.2) is 28.9 Å². The summed E-state index contributed by atoms with van der Waals surface area (Å²) in [6.07, 6.45) is 0. The Morgan fingerprint density at radius 2 is 2.26 bits per heavy atom.